The van der Waals surface area contributed by atoms with Crippen LogP contribution >= 0.6 is 0 Å². The predicted octanol–water partition coefficient (Wildman–Crippen LogP) is 5.24. The Bertz CT molecular complexity index is 1130. The first kappa shape index (κ1) is 18.7. The van der Waals surface area contributed by atoms with Crippen molar-refractivity contribution in [1.29, 1.82) is 0 Å². The molecule has 3 aromatic rings. The number of hydrogen-bond acceptors (Lipinski definition) is 4. The highest BCUT2D eigenvalue weighted by Gasteiger charge is 2.50. The number of ether oxygens (including phenoxy) is 3. The quantitative estimate of drug-likeness (QED) is 0.567. The summed E-state index contributed by atoms with van der Waals surface area (Å²) in [5.74, 6) is 2.59. The molecule has 0 amide bonds. The molecular formula is C26H24O4. The van der Waals surface area contributed by atoms with Crippen LogP contribution in [0.5, 0.6) is 17.2 Å². The van der Waals surface area contributed by atoms with Crippen molar-refractivity contribution in [3.63, 3.8) is 0 Å². The molecule has 0 spiro atoms. The molecule has 1 saturated carbocycles. The van der Waals surface area contributed by atoms with Gasteiger partial charge in [-0.05, 0) is 71.8 Å². The van der Waals surface area contributed by atoms with Gasteiger partial charge in [0.2, 0.25) is 6.79 Å². The zero-order valence-electron chi connectivity index (χ0n) is 17.2. The van der Waals surface area contributed by atoms with Gasteiger partial charge in [-0.25, -0.2) is 0 Å². The maximum atomic E-state index is 13.4. The third-order valence-electron chi connectivity index (χ3n) is 6.31. The monoisotopic (exact) mass is 400 g/mol. The summed E-state index contributed by atoms with van der Waals surface area (Å²) >= 11 is 0. The maximum Gasteiger partial charge on any atom is 0.231 e. The third-order valence-corrected chi connectivity index (χ3v) is 6.31. The number of carbonyl (C=O) groups is 1. The molecule has 2 aliphatic rings. The lowest BCUT2D eigenvalue weighted by molar-refractivity contribution is -0.120. The highest BCUT2D eigenvalue weighted by atomic mass is 16.7. The van der Waals surface area contributed by atoms with Crippen molar-refractivity contribution in [3.8, 4) is 28.4 Å². The maximum absolute atomic E-state index is 13.4. The van der Waals surface area contributed by atoms with Crippen LogP contribution in [0, 0.1) is 6.92 Å². The number of ketones is 1. The normalized spacial score (nSPS) is 15.7. The molecule has 0 atom stereocenters. The van der Waals surface area contributed by atoms with Crippen LogP contribution < -0.4 is 14.2 Å². The van der Waals surface area contributed by atoms with E-state index in [-0.39, 0.29) is 18.0 Å². The largest absolute Gasteiger partial charge is 0.497 e. The van der Waals surface area contributed by atoms with E-state index in [0.29, 0.717) is 6.42 Å². The van der Waals surface area contributed by atoms with E-state index >= 15 is 0 Å². The smallest absolute Gasteiger partial charge is 0.231 e. The van der Waals surface area contributed by atoms with Gasteiger partial charge in [0.25, 0.3) is 0 Å². The first-order chi connectivity index (χ1) is 14.6. The molecule has 0 unspecified atom stereocenters. The lowest BCUT2D eigenvalue weighted by atomic mass is 9.86. The molecule has 0 aromatic heterocycles. The van der Waals surface area contributed by atoms with Crippen LogP contribution in [-0.2, 0) is 16.6 Å². The number of benzene rings is 3. The van der Waals surface area contributed by atoms with Crippen molar-refractivity contribution >= 4 is 5.78 Å². The standard InChI is InChI=1S/C26H24O4/c1-17-6-7-19(18-4-3-5-22(13-18)28-2)12-20(17)14-25(27)26(10-11-26)21-8-9-23-24(15-21)30-16-29-23/h3-9,12-13,15H,10-11,14,16H2,1-2H3. The van der Waals surface area contributed by atoms with Gasteiger partial charge >= 0.3 is 0 Å². The number of aryl methyl sites for hydroxylation is 1. The van der Waals surface area contributed by atoms with Crippen LogP contribution in [-0.4, -0.2) is 19.7 Å². The Morgan fingerprint density at radius 2 is 1.77 bits per heavy atom. The van der Waals surface area contributed by atoms with Gasteiger partial charge in [-0.3, -0.25) is 4.79 Å². The summed E-state index contributed by atoms with van der Waals surface area (Å²) in [6.07, 6.45) is 2.21. The SMILES string of the molecule is COc1cccc(-c2ccc(C)c(CC(=O)C3(c4ccc5c(c4)OCO5)CC3)c2)c1. The molecule has 4 heteroatoms. The molecule has 0 saturated heterocycles. The molecular weight excluding hydrogens is 376 g/mol. The van der Waals surface area contributed by atoms with Crippen LogP contribution in [0.15, 0.2) is 60.7 Å². The second kappa shape index (κ2) is 7.21. The number of carbonyl (C=O) groups excluding carboxylic acids is 1. The minimum atomic E-state index is -0.389. The van der Waals surface area contributed by atoms with Crippen molar-refractivity contribution in [2.75, 3.05) is 13.9 Å². The van der Waals surface area contributed by atoms with E-state index < -0.39 is 0 Å². The van der Waals surface area contributed by atoms with Gasteiger partial charge in [-0.15, -0.1) is 0 Å². The second-order valence-electron chi connectivity index (χ2n) is 8.12. The number of Topliss-reactive ketones (excluding diaryl/α,β-unsaturated/α-hetero) is 1. The van der Waals surface area contributed by atoms with E-state index in [4.69, 9.17) is 14.2 Å². The van der Waals surface area contributed by atoms with Crippen LogP contribution in [0.1, 0.15) is 29.5 Å². The molecule has 152 valence electrons. The van der Waals surface area contributed by atoms with E-state index in [1.807, 2.05) is 36.4 Å². The number of methoxy groups -OCH3 is 1. The van der Waals surface area contributed by atoms with E-state index in [2.05, 4.69) is 31.2 Å². The zero-order chi connectivity index (χ0) is 20.7. The summed E-state index contributed by atoms with van der Waals surface area (Å²) in [5, 5.41) is 0. The molecule has 30 heavy (non-hydrogen) atoms. The Balaban J connectivity index is 1.42. The lowest BCUT2D eigenvalue weighted by Crippen LogP contribution is -2.22. The van der Waals surface area contributed by atoms with Crippen molar-refractivity contribution in [1.82, 2.24) is 0 Å². The van der Waals surface area contributed by atoms with E-state index in [1.54, 1.807) is 7.11 Å². The molecule has 0 radical (unpaired) electrons. The van der Waals surface area contributed by atoms with Crippen LogP contribution in [0.25, 0.3) is 11.1 Å². The van der Waals surface area contributed by atoms with Gasteiger partial charge in [-0.1, -0.05) is 36.4 Å². The van der Waals surface area contributed by atoms with Gasteiger partial charge in [0.1, 0.15) is 11.5 Å². The van der Waals surface area contributed by atoms with Gasteiger partial charge < -0.3 is 14.2 Å². The van der Waals surface area contributed by atoms with Crippen LogP contribution in [0.2, 0.25) is 0 Å². The summed E-state index contributed by atoms with van der Waals surface area (Å²) in [6.45, 7) is 2.31. The molecule has 1 fully saturated rings. The van der Waals surface area contributed by atoms with Crippen molar-refractivity contribution < 1.29 is 19.0 Å². The summed E-state index contributed by atoms with van der Waals surface area (Å²) in [4.78, 5) is 13.4. The van der Waals surface area contributed by atoms with E-state index in [1.165, 1.54) is 0 Å². The molecule has 5 rings (SSSR count). The number of hydrogen-bond donors (Lipinski definition) is 0. The van der Waals surface area contributed by atoms with Crippen molar-refractivity contribution in [2.45, 2.75) is 31.6 Å². The van der Waals surface area contributed by atoms with Gasteiger partial charge in [0.05, 0.1) is 12.5 Å². The van der Waals surface area contributed by atoms with Crippen molar-refractivity contribution in [3.05, 3.63) is 77.4 Å². The lowest BCUT2D eigenvalue weighted by Gasteiger charge is -2.17. The summed E-state index contributed by atoms with van der Waals surface area (Å²) in [7, 11) is 1.67. The fourth-order valence-corrected chi connectivity index (χ4v) is 4.23. The molecule has 3 aromatic carbocycles. The summed E-state index contributed by atoms with van der Waals surface area (Å²) in [6, 6.07) is 20.2. The first-order valence-electron chi connectivity index (χ1n) is 10.3. The fourth-order valence-electron chi connectivity index (χ4n) is 4.23. The number of fused-ring (bicyclic) bond motifs is 1. The zero-order valence-corrected chi connectivity index (χ0v) is 17.2. The third kappa shape index (κ3) is 3.22. The summed E-state index contributed by atoms with van der Waals surface area (Å²) in [5.41, 5.74) is 5.04. The Kier molecular flexibility index (Phi) is 4.50. The van der Waals surface area contributed by atoms with E-state index in [0.717, 1.165) is 57.9 Å². The Morgan fingerprint density at radius 1 is 0.967 bits per heavy atom. The number of rotatable bonds is 6. The molecule has 1 heterocycles. The van der Waals surface area contributed by atoms with Crippen molar-refractivity contribution in [2.24, 2.45) is 0 Å². The Hall–Kier alpha value is -3.27. The average molecular weight is 400 g/mol. The Labute approximate surface area is 176 Å². The topological polar surface area (TPSA) is 44.8 Å². The molecule has 0 bridgehead atoms. The first-order valence-corrected chi connectivity index (χ1v) is 10.3. The fraction of sp³-hybridized carbons (Fsp3) is 0.269. The predicted molar refractivity (Wildman–Crippen MR) is 115 cm³/mol. The van der Waals surface area contributed by atoms with Gasteiger partial charge in [0, 0.05) is 6.42 Å². The minimum Gasteiger partial charge on any atom is -0.497 e. The van der Waals surface area contributed by atoms with Gasteiger partial charge in [0.15, 0.2) is 11.5 Å². The molecule has 1 aliphatic heterocycles. The molecule has 4 nitrogen and oxygen atoms in total. The van der Waals surface area contributed by atoms with Gasteiger partial charge in [-0.2, -0.15) is 0 Å². The highest BCUT2D eigenvalue weighted by Crippen LogP contribution is 2.51. The van der Waals surface area contributed by atoms with Crippen LogP contribution in [0.3, 0.4) is 0 Å². The molecule has 0 N–H and O–H groups in total. The van der Waals surface area contributed by atoms with E-state index in [9.17, 15) is 4.79 Å². The second-order valence-corrected chi connectivity index (χ2v) is 8.12. The minimum absolute atomic E-state index is 0.246. The highest BCUT2D eigenvalue weighted by molar-refractivity contribution is 5.95. The Morgan fingerprint density at radius 3 is 2.57 bits per heavy atom. The summed E-state index contributed by atoms with van der Waals surface area (Å²) < 4.78 is 16.3. The van der Waals surface area contributed by atoms with Crippen LogP contribution in [0.4, 0.5) is 0 Å². The molecule has 1 aliphatic carbocycles. The average Bonchev–Trinajstić information content (AvgIpc) is 3.46.